The van der Waals surface area contributed by atoms with Crippen LogP contribution in [0.5, 0.6) is 0 Å². The molecule has 0 bridgehead atoms. The number of fused-ring (bicyclic) bond motifs is 6. The summed E-state index contributed by atoms with van der Waals surface area (Å²) in [5.41, 5.74) is 9.02. The molecule has 0 aliphatic rings. The van der Waals surface area contributed by atoms with Gasteiger partial charge >= 0.3 is 0 Å². The third kappa shape index (κ3) is 5.04. The van der Waals surface area contributed by atoms with Gasteiger partial charge in [0.25, 0.3) is 0 Å². The van der Waals surface area contributed by atoms with E-state index in [0.717, 1.165) is 49.8 Å². The van der Waals surface area contributed by atoms with Crippen LogP contribution in [0.4, 0.5) is 0 Å². The summed E-state index contributed by atoms with van der Waals surface area (Å²) >= 11 is 0. The molecule has 0 amide bonds. The van der Waals surface area contributed by atoms with Crippen LogP contribution in [0.3, 0.4) is 0 Å². The molecule has 0 atom stereocenters. The Morgan fingerprint density at radius 1 is 0.314 bits per heavy atom. The molecule has 0 N–H and O–H groups in total. The molecule has 4 nitrogen and oxygen atoms in total. The first-order chi connectivity index (χ1) is 25.3. The zero-order valence-electron chi connectivity index (χ0n) is 27.5. The second-order valence-electron chi connectivity index (χ2n) is 12.8. The van der Waals surface area contributed by atoms with Crippen molar-refractivity contribution in [3.63, 3.8) is 0 Å². The number of aromatic nitrogens is 3. The van der Waals surface area contributed by atoms with Crippen LogP contribution in [0.25, 0.3) is 99.9 Å². The highest BCUT2D eigenvalue weighted by atomic mass is 16.3. The molecule has 10 aromatic rings. The maximum Gasteiger partial charge on any atom is 0.164 e. The van der Waals surface area contributed by atoms with Gasteiger partial charge in [-0.25, -0.2) is 15.0 Å². The molecule has 0 radical (unpaired) electrons. The monoisotopic (exact) mass is 651 g/mol. The largest absolute Gasteiger partial charge is 0.456 e. The molecular formula is C47H29N3O. The molecule has 10 rings (SSSR count). The Bertz CT molecular complexity index is 2860. The van der Waals surface area contributed by atoms with Gasteiger partial charge in [0.2, 0.25) is 0 Å². The minimum atomic E-state index is 0.603. The van der Waals surface area contributed by atoms with Crippen LogP contribution < -0.4 is 0 Å². The van der Waals surface area contributed by atoms with E-state index in [1.165, 1.54) is 32.7 Å². The lowest BCUT2D eigenvalue weighted by molar-refractivity contribution is 0.669. The van der Waals surface area contributed by atoms with E-state index in [2.05, 4.69) is 103 Å². The lowest BCUT2D eigenvalue weighted by Gasteiger charge is -2.12. The summed E-state index contributed by atoms with van der Waals surface area (Å²) in [5.74, 6) is 1.86. The number of hydrogen-bond donors (Lipinski definition) is 0. The Morgan fingerprint density at radius 3 is 1.67 bits per heavy atom. The highest BCUT2D eigenvalue weighted by Crippen LogP contribution is 2.40. The fraction of sp³-hybridized carbons (Fsp3) is 0. The fourth-order valence-electron chi connectivity index (χ4n) is 7.28. The molecule has 238 valence electrons. The van der Waals surface area contributed by atoms with Crippen LogP contribution >= 0.6 is 0 Å². The van der Waals surface area contributed by atoms with Crippen molar-refractivity contribution in [1.29, 1.82) is 0 Å². The Balaban J connectivity index is 1.14. The van der Waals surface area contributed by atoms with E-state index in [0.29, 0.717) is 17.5 Å². The van der Waals surface area contributed by atoms with Gasteiger partial charge in [-0.05, 0) is 74.1 Å². The molecule has 0 aliphatic heterocycles. The second-order valence-corrected chi connectivity index (χ2v) is 12.8. The van der Waals surface area contributed by atoms with Gasteiger partial charge in [0.1, 0.15) is 11.2 Å². The van der Waals surface area contributed by atoms with E-state index in [-0.39, 0.29) is 0 Å². The first kappa shape index (κ1) is 29.0. The number of benzene rings is 8. The normalized spacial score (nSPS) is 11.5. The summed E-state index contributed by atoms with van der Waals surface area (Å²) < 4.78 is 6.45. The van der Waals surface area contributed by atoms with E-state index in [1.54, 1.807) is 0 Å². The molecule has 0 aliphatic carbocycles. The van der Waals surface area contributed by atoms with Crippen LogP contribution in [-0.2, 0) is 0 Å². The van der Waals surface area contributed by atoms with Crippen LogP contribution in [-0.4, -0.2) is 15.0 Å². The average Bonchev–Trinajstić information content (AvgIpc) is 3.59. The highest BCUT2D eigenvalue weighted by Gasteiger charge is 2.18. The minimum absolute atomic E-state index is 0.603. The van der Waals surface area contributed by atoms with Gasteiger partial charge in [-0.15, -0.1) is 0 Å². The van der Waals surface area contributed by atoms with E-state index in [1.807, 2.05) is 72.8 Å². The van der Waals surface area contributed by atoms with Gasteiger partial charge < -0.3 is 4.42 Å². The van der Waals surface area contributed by atoms with Crippen LogP contribution in [0.1, 0.15) is 0 Å². The van der Waals surface area contributed by atoms with E-state index < -0.39 is 0 Å². The summed E-state index contributed by atoms with van der Waals surface area (Å²) in [6, 6.07) is 61.2. The topological polar surface area (TPSA) is 51.8 Å². The number of hydrogen-bond acceptors (Lipinski definition) is 4. The van der Waals surface area contributed by atoms with Crippen LogP contribution in [0.2, 0.25) is 0 Å². The van der Waals surface area contributed by atoms with Crippen LogP contribution in [0.15, 0.2) is 180 Å². The van der Waals surface area contributed by atoms with Crippen molar-refractivity contribution in [3.05, 3.63) is 176 Å². The predicted octanol–water partition coefficient (Wildman–Crippen LogP) is 12.4. The molecule has 51 heavy (non-hydrogen) atoms. The quantitative estimate of drug-likeness (QED) is 0.174. The van der Waals surface area contributed by atoms with Gasteiger partial charge in [-0.1, -0.05) is 146 Å². The first-order valence-electron chi connectivity index (χ1n) is 17.1. The van der Waals surface area contributed by atoms with Crippen molar-refractivity contribution < 1.29 is 4.42 Å². The summed E-state index contributed by atoms with van der Waals surface area (Å²) in [6.45, 7) is 0. The third-order valence-electron chi connectivity index (χ3n) is 9.71. The van der Waals surface area contributed by atoms with E-state index in [4.69, 9.17) is 19.4 Å². The first-order valence-corrected chi connectivity index (χ1v) is 17.1. The van der Waals surface area contributed by atoms with Crippen LogP contribution in [0, 0.1) is 0 Å². The molecule has 0 unspecified atom stereocenters. The molecule has 2 aromatic heterocycles. The molecule has 0 spiro atoms. The number of nitrogens with zero attached hydrogens (tertiary/aromatic N) is 3. The zero-order chi connectivity index (χ0) is 33.7. The second kappa shape index (κ2) is 11.9. The summed E-state index contributed by atoms with van der Waals surface area (Å²) in [4.78, 5) is 15.0. The van der Waals surface area contributed by atoms with Gasteiger partial charge in [0, 0.05) is 27.5 Å². The van der Waals surface area contributed by atoms with Crippen molar-refractivity contribution in [2.45, 2.75) is 0 Å². The summed E-state index contributed by atoms with van der Waals surface area (Å²) in [6.07, 6.45) is 0. The molecular weight excluding hydrogens is 623 g/mol. The van der Waals surface area contributed by atoms with E-state index in [9.17, 15) is 0 Å². The maximum atomic E-state index is 6.45. The molecule has 8 aromatic carbocycles. The standard InChI is InChI=1S/C47H29N3O/c1-3-13-30(14-4-1)45-48-46(31-15-5-2-6-16-31)50-47(49-45)39-23-12-24-43-44(39)41-28-33(25-26-42(41)51-43)32-18-11-19-34(27-32)40-29-35-17-7-8-20-36(35)37-21-9-10-22-38(37)40/h1-29H. The summed E-state index contributed by atoms with van der Waals surface area (Å²) in [7, 11) is 0. The van der Waals surface area contributed by atoms with Gasteiger partial charge in [0.05, 0.1) is 0 Å². The fourth-order valence-corrected chi connectivity index (χ4v) is 7.28. The molecule has 0 fully saturated rings. The average molecular weight is 652 g/mol. The Labute approximate surface area is 294 Å². The van der Waals surface area contributed by atoms with Crippen molar-refractivity contribution in [1.82, 2.24) is 15.0 Å². The van der Waals surface area contributed by atoms with Gasteiger partial charge in [0.15, 0.2) is 17.5 Å². The summed E-state index contributed by atoms with van der Waals surface area (Å²) in [5, 5.41) is 7.01. The molecule has 0 saturated heterocycles. The molecule has 2 heterocycles. The number of rotatable bonds is 5. The van der Waals surface area contributed by atoms with Crippen molar-refractivity contribution in [2.24, 2.45) is 0 Å². The smallest absolute Gasteiger partial charge is 0.164 e. The van der Waals surface area contributed by atoms with Crippen molar-refractivity contribution >= 4 is 43.5 Å². The lowest BCUT2D eigenvalue weighted by atomic mass is 9.91. The van der Waals surface area contributed by atoms with E-state index >= 15 is 0 Å². The number of furan rings is 1. The Kier molecular flexibility index (Phi) is 6.78. The van der Waals surface area contributed by atoms with Crippen molar-refractivity contribution in [3.8, 4) is 56.4 Å². The zero-order valence-corrected chi connectivity index (χ0v) is 27.5. The van der Waals surface area contributed by atoms with Gasteiger partial charge in [-0.2, -0.15) is 0 Å². The third-order valence-corrected chi connectivity index (χ3v) is 9.71. The Hall–Kier alpha value is -6.91. The SMILES string of the molecule is c1ccc(-c2nc(-c3ccccc3)nc(-c3cccc4oc5ccc(-c6cccc(-c7cc8ccccc8c8ccccc78)c6)cc5c34)n2)cc1. The highest BCUT2D eigenvalue weighted by molar-refractivity contribution is 6.15. The molecule has 0 saturated carbocycles. The maximum absolute atomic E-state index is 6.45. The molecule has 4 heteroatoms. The van der Waals surface area contributed by atoms with Gasteiger partial charge in [-0.3, -0.25) is 0 Å². The van der Waals surface area contributed by atoms with Crippen molar-refractivity contribution in [2.75, 3.05) is 0 Å². The minimum Gasteiger partial charge on any atom is -0.456 e. The Morgan fingerprint density at radius 2 is 0.902 bits per heavy atom. The predicted molar refractivity (Wildman–Crippen MR) is 209 cm³/mol. The lowest BCUT2D eigenvalue weighted by Crippen LogP contribution is -2.00.